The quantitative estimate of drug-likeness (QED) is 0.731. The molecule has 1 aromatic heterocycles. The van der Waals surface area contributed by atoms with E-state index in [4.69, 9.17) is 4.74 Å². The molecule has 5 heteroatoms. The molecule has 0 unspecified atom stereocenters. The van der Waals surface area contributed by atoms with Gasteiger partial charge >= 0.3 is 0 Å². The molecular formula is C10H15N3O2. The first-order valence-electron chi connectivity index (χ1n) is 5.11. The molecule has 2 rings (SSSR count). The molecule has 82 valence electrons. The van der Waals surface area contributed by atoms with Crippen LogP contribution in [0.2, 0.25) is 0 Å². The molecule has 0 atom stereocenters. The normalized spacial score (nSPS) is 15.0. The highest BCUT2D eigenvalue weighted by Crippen LogP contribution is 2.07. The van der Waals surface area contributed by atoms with Crippen molar-refractivity contribution in [3.8, 4) is 0 Å². The van der Waals surface area contributed by atoms with Gasteiger partial charge in [-0.05, 0) is 5.56 Å². The fourth-order valence-electron chi connectivity index (χ4n) is 1.70. The molecule has 1 aromatic rings. The van der Waals surface area contributed by atoms with Crippen LogP contribution in [0.1, 0.15) is 11.3 Å². The molecular weight excluding hydrogens is 194 g/mol. The Morgan fingerprint density at radius 1 is 1.67 bits per heavy atom. The first kappa shape index (κ1) is 10.3. The molecule has 0 saturated heterocycles. The Morgan fingerprint density at radius 3 is 3.33 bits per heavy atom. The lowest BCUT2D eigenvalue weighted by Gasteiger charge is -2.16. The molecule has 15 heavy (non-hydrogen) atoms. The van der Waals surface area contributed by atoms with Gasteiger partial charge < -0.3 is 10.1 Å². The van der Waals surface area contributed by atoms with E-state index in [9.17, 15) is 4.79 Å². The van der Waals surface area contributed by atoms with Gasteiger partial charge in [0.1, 0.15) is 0 Å². The average molecular weight is 209 g/mol. The lowest BCUT2D eigenvalue weighted by molar-refractivity contribution is 0.181. The fraction of sp³-hybridized carbons (Fsp3) is 0.600. The number of ether oxygens (including phenoxy) is 1. The van der Waals surface area contributed by atoms with Crippen molar-refractivity contribution in [2.45, 2.75) is 19.5 Å². The predicted octanol–water partition coefficient (Wildman–Crippen LogP) is -0.465. The van der Waals surface area contributed by atoms with Crippen molar-refractivity contribution in [1.82, 2.24) is 15.1 Å². The van der Waals surface area contributed by atoms with E-state index < -0.39 is 0 Å². The van der Waals surface area contributed by atoms with E-state index >= 15 is 0 Å². The van der Waals surface area contributed by atoms with E-state index in [-0.39, 0.29) is 5.56 Å². The summed E-state index contributed by atoms with van der Waals surface area (Å²) in [6.07, 6.45) is 0.891. The second-order valence-corrected chi connectivity index (χ2v) is 3.60. The van der Waals surface area contributed by atoms with Crippen LogP contribution in [0.3, 0.4) is 0 Å². The molecule has 0 aliphatic carbocycles. The minimum atomic E-state index is -0.0468. The third-order valence-electron chi connectivity index (χ3n) is 2.53. The van der Waals surface area contributed by atoms with E-state index in [2.05, 4.69) is 10.4 Å². The van der Waals surface area contributed by atoms with Crippen molar-refractivity contribution in [1.29, 1.82) is 0 Å². The van der Waals surface area contributed by atoms with Crippen molar-refractivity contribution in [3.05, 3.63) is 27.7 Å². The lowest BCUT2D eigenvalue weighted by Crippen LogP contribution is -2.32. The van der Waals surface area contributed by atoms with E-state index in [1.165, 1.54) is 4.68 Å². The van der Waals surface area contributed by atoms with Crippen molar-refractivity contribution in [3.63, 3.8) is 0 Å². The standard InChI is InChI=1S/C10H15N3O2/c1-15-5-4-13-10(14)6-8-7-11-3-2-9(8)12-13/h6,11H,2-5,7H2,1H3. The number of hydrogen-bond acceptors (Lipinski definition) is 4. The third kappa shape index (κ3) is 2.24. The number of methoxy groups -OCH3 is 1. The van der Waals surface area contributed by atoms with Gasteiger partial charge in [-0.1, -0.05) is 0 Å². The van der Waals surface area contributed by atoms with Crippen molar-refractivity contribution in [2.24, 2.45) is 0 Å². The maximum absolute atomic E-state index is 11.6. The molecule has 0 spiro atoms. The highest BCUT2D eigenvalue weighted by molar-refractivity contribution is 5.20. The van der Waals surface area contributed by atoms with E-state index in [0.29, 0.717) is 13.2 Å². The molecule has 2 heterocycles. The maximum Gasteiger partial charge on any atom is 0.267 e. The van der Waals surface area contributed by atoms with Crippen molar-refractivity contribution >= 4 is 0 Å². The van der Waals surface area contributed by atoms with Crippen LogP contribution in [0, 0.1) is 0 Å². The summed E-state index contributed by atoms with van der Waals surface area (Å²) in [5, 5.41) is 7.55. The number of aromatic nitrogens is 2. The van der Waals surface area contributed by atoms with Gasteiger partial charge in [-0.2, -0.15) is 5.10 Å². The molecule has 0 aromatic carbocycles. The second kappa shape index (κ2) is 4.55. The Bertz CT molecular complexity index is 400. The molecule has 0 saturated carbocycles. The van der Waals surface area contributed by atoms with Crippen LogP contribution < -0.4 is 10.9 Å². The Morgan fingerprint density at radius 2 is 2.53 bits per heavy atom. The summed E-state index contributed by atoms with van der Waals surface area (Å²) in [5.74, 6) is 0. The SMILES string of the molecule is COCCn1nc2c(cc1=O)CNCC2. The first-order valence-corrected chi connectivity index (χ1v) is 5.11. The van der Waals surface area contributed by atoms with Gasteiger partial charge in [0.25, 0.3) is 5.56 Å². The largest absolute Gasteiger partial charge is 0.383 e. The van der Waals surface area contributed by atoms with Crippen LogP contribution in [-0.2, 0) is 24.2 Å². The molecule has 0 amide bonds. The molecule has 1 N–H and O–H groups in total. The number of rotatable bonds is 3. The number of hydrogen-bond donors (Lipinski definition) is 1. The van der Waals surface area contributed by atoms with Gasteiger partial charge in [-0.25, -0.2) is 4.68 Å². The van der Waals surface area contributed by atoms with Gasteiger partial charge in [-0.15, -0.1) is 0 Å². The monoisotopic (exact) mass is 209 g/mol. The van der Waals surface area contributed by atoms with Gasteiger partial charge in [0.15, 0.2) is 0 Å². The fourth-order valence-corrected chi connectivity index (χ4v) is 1.70. The van der Waals surface area contributed by atoms with Gasteiger partial charge in [-0.3, -0.25) is 4.79 Å². The molecule has 5 nitrogen and oxygen atoms in total. The average Bonchev–Trinajstić information content (AvgIpc) is 2.26. The first-order chi connectivity index (χ1) is 7.31. The van der Waals surface area contributed by atoms with Crippen molar-refractivity contribution in [2.75, 3.05) is 20.3 Å². The summed E-state index contributed by atoms with van der Waals surface area (Å²) in [5.41, 5.74) is 2.01. The highest BCUT2D eigenvalue weighted by Gasteiger charge is 2.12. The van der Waals surface area contributed by atoms with Gasteiger partial charge in [0.05, 0.1) is 18.8 Å². The van der Waals surface area contributed by atoms with Gasteiger partial charge in [0.2, 0.25) is 0 Å². The molecule has 1 aliphatic heterocycles. The Labute approximate surface area is 88.1 Å². The van der Waals surface area contributed by atoms with Crippen LogP contribution >= 0.6 is 0 Å². The summed E-state index contributed by atoms with van der Waals surface area (Å²) >= 11 is 0. The summed E-state index contributed by atoms with van der Waals surface area (Å²) < 4.78 is 6.41. The molecule has 0 radical (unpaired) electrons. The van der Waals surface area contributed by atoms with Crippen LogP contribution in [0.25, 0.3) is 0 Å². The summed E-state index contributed by atoms with van der Waals surface area (Å²) in [6, 6.07) is 1.67. The molecule has 1 aliphatic rings. The lowest BCUT2D eigenvalue weighted by atomic mass is 10.1. The Kier molecular flexibility index (Phi) is 3.13. The smallest absolute Gasteiger partial charge is 0.267 e. The zero-order valence-corrected chi connectivity index (χ0v) is 8.82. The predicted molar refractivity (Wildman–Crippen MR) is 55.8 cm³/mol. The zero-order chi connectivity index (χ0) is 10.7. The minimum absolute atomic E-state index is 0.0468. The summed E-state index contributed by atoms with van der Waals surface area (Å²) in [4.78, 5) is 11.6. The Hall–Kier alpha value is -1.20. The molecule has 0 bridgehead atoms. The summed E-state index contributed by atoms with van der Waals surface area (Å²) in [7, 11) is 1.62. The van der Waals surface area contributed by atoms with Crippen molar-refractivity contribution < 1.29 is 4.74 Å². The maximum atomic E-state index is 11.6. The third-order valence-corrected chi connectivity index (χ3v) is 2.53. The van der Waals surface area contributed by atoms with E-state index in [1.807, 2.05) is 0 Å². The number of nitrogens with one attached hydrogen (secondary N) is 1. The van der Waals surface area contributed by atoms with Crippen LogP contribution in [0.4, 0.5) is 0 Å². The minimum Gasteiger partial charge on any atom is -0.383 e. The Balaban J connectivity index is 2.28. The van der Waals surface area contributed by atoms with Crippen LogP contribution in [-0.4, -0.2) is 30.0 Å². The topological polar surface area (TPSA) is 56.2 Å². The molecule has 0 fully saturated rings. The number of fused-ring (bicyclic) bond motifs is 1. The zero-order valence-electron chi connectivity index (χ0n) is 8.82. The van der Waals surface area contributed by atoms with E-state index in [1.54, 1.807) is 13.2 Å². The van der Waals surface area contributed by atoms with E-state index in [0.717, 1.165) is 30.8 Å². The highest BCUT2D eigenvalue weighted by atomic mass is 16.5. The van der Waals surface area contributed by atoms with Gasteiger partial charge in [0, 0.05) is 32.7 Å². The second-order valence-electron chi connectivity index (χ2n) is 3.60. The van der Waals surface area contributed by atoms with Crippen LogP contribution in [0.5, 0.6) is 0 Å². The summed E-state index contributed by atoms with van der Waals surface area (Å²) in [6.45, 7) is 2.73. The van der Waals surface area contributed by atoms with Crippen LogP contribution in [0.15, 0.2) is 10.9 Å². The number of nitrogens with zero attached hydrogens (tertiary/aromatic N) is 2.